The Balaban J connectivity index is 1.90. The van der Waals surface area contributed by atoms with Crippen molar-refractivity contribution in [3.05, 3.63) is 48.3 Å². The number of hydrogen-bond donors (Lipinski definition) is 2. The van der Waals surface area contributed by atoms with Crippen LogP contribution in [-0.4, -0.2) is 27.3 Å². The zero-order valence-corrected chi connectivity index (χ0v) is 12.8. The van der Waals surface area contributed by atoms with Crippen molar-refractivity contribution in [1.29, 1.82) is 0 Å². The summed E-state index contributed by atoms with van der Waals surface area (Å²) in [5, 5.41) is 12.4. The highest BCUT2D eigenvalue weighted by molar-refractivity contribution is 6.09. The topological polar surface area (TPSA) is 75.7 Å². The van der Waals surface area contributed by atoms with Gasteiger partial charge in [0.2, 0.25) is 0 Å². The van der Waals surface area contributed by atoms with Gasteiger partial charge in [-0.1, -0.05) is 0 Å². The number of aromatic amines is 1. The van der Waals surface area contributed by atoms with Crippen LogP contribution in [0.4, 0.5) is 11.6 Å². The van der Waals surface area contributed by atoms with Crippen LogP contribution in [-0.2, 0) is 0 Å². The number of anilines is 2. The number of nitrogens with one attached hydrogen (secondary N) is 2. The van der Waals surface area contributed by atoms with Gasteiger partial charge in [0.25, 0.3) is 0 Å². The summed E-state index contributed by atoms with van der Waals surface area (Å²) in [6.07, 6.45) is 3.57. The lowest BCUT2D eigenvalue weighted by Crippen LogP contribution is -1.98. The van der Waals surface area contributed by atoms with Gasteiger partial charge < -0.3 is 10.1 Å². The minimum atomic E-state index is 0.702. The maximum atomic E-state index is 5.30. The van der Waals surface area contributed by atoms with E-state index in [-0.39, 0.29) is 0 Å². The van der Waals surface area contributed by atoms with Gasteiger partial charge in [-0.2, -0.15) is 5.10 Å². The Kier molecular flexibility index (Phi) is 3.08. The molecule has 3 heterocycles. The van der Waals surface area contributed by atoms with E-state index in [0.29, 0.717) is 5.82 Å². The first-order chi connectivity index (χ1) is 11.2. The average Bonchev–Trinajstić information content (AvgIpc) is 3.05. The van der Waals surface area contributed by atoms with Gasteiger partial charge in [0.1, 0.15) is 17.1 Å². The van der Waals surface area contributed by atoms with Crippen molar-refractivity contribution in [2.75, 3.05) is 12.4 Å². The highest BCUT2D eigenvalue weighted by atomic mass is 16.5. The van der Waals surface area contributed by atoms with Crippen LogP contribution < -0.4 is 10.1 Å². The minimum absolute atomic E-state index is 0.702. The van der Waals surface area contributed by atoms with E-state index in [1.165, 1.54) is 0 Å². The predicted octanol–water partition coefficient (Wildman–Crippen LogP) is 3.57. The number of nitrogens with zero attached hydrogens (tertiary/aromatic N) is 3. The van der Waals surface area contributed by atoms with E-state index >= 15 is 0 Å². The van der Waals surface area contributed by atoms with E-state index in [1.54, 1.807) is 19.5 Å². The van der Waals surface area contributed by atoms with Crippen molar-refractivity contribution in [3.63, 3.8) is 0 Å². The maximum Gasteiger partial charge on any atom is 0.158 e. The monoisotopic (exact) mass is 305 g/mol. The molecule has 23 heavy (non-hydrogen) atoms. The standard InChI is InChI=1S/C17H15N5O/c1-10-5-6-18-15(7-10)21-17-16-13(9-19-22-16)12-8-11(23-2)3-4-14(12)20-17/h3-9H,1-2H3,(H,19,22)(H,18,20,21). The molecule has 4 rings (SSSR count). The normalized spacial score (nSPS) is 11.0. The highest BCUT2D eigenvalue weighted by Gasteiger charge is 2.11. The molecule has 0 atom stereocenters. The third-order valence-electron chi connectivity index (χ3n) is 3.76. The molecule has 6 heteroatoms. The molecule has 3 aromatic heterocycles. The van der Waals surface area contributed by atoms with Crippen LogP contribution in [0.15, 0.2) is 42.7 Å². The molecule has 2 N–H and O–H groups in total. The van der Waals surface area contributed by atoms with E-state index in [4.69, 9.17) is 9.72 Å². The minimum Gasteiger partial charge on any atom is -0.497 e. The summed E-state index contributed by atoms with van der Waals surface area (Å²) in [6.45, 7) is 2.03. The zero-order valence-electron chi connectivity index (χ0n) is 12.8. The number of rotatable bonds is 3. The van der Waals surface area contributed by atoms with Crippen LogP contribution in [0.25, 0.3) is 21.8 Å². The molecular weight excluding hydrogens is 290 g/mol. The van der Waals surface area contributed by atoms with Gasteiger partial charge >= 0.3 is 0 Å². The van der Waals surface area contributed by atoms with Gasteiger partial charge in [0, 0.05) is 17.0 Å². The Hall–Kier alpha value is -3.15. The van der Waals surface area contributed by atoms with Crippen LogP contribution in [0.3, 0.4) is 0 Å². The van der Waals surface area contributed by atoms with Crippen molar-refractivity contribution in [2.24, 2.45) is 0 Å². The average molecular weight is 305 g/mol. The second kappa shape index (κ2) is 5.24. The van der Waals surface area contributed by atoms with Crippen molar-refractivity contribution in [3.8, 4) is 5.75 Å². The summed E-state index contributed by atoms with van der Waals surface area (Å²) in [7, 11) is 1.65. The largest absolute Gasteiger partial charge is 0.497 e. The number of ether oxygens (including phenoxy) is 1. The first-order valence-corrected chi connectivity index (χ1v) is 7.25. The van der Waals surface area contributed by atoms with Crippen molar-refractivity contribution in [2.45, 2.75) is 6.92 Å². The summed E-state index contributed by atoms with van der Waals surface area (Å²) in [6, 6.07) is 9.74. The number of aromatic nitrogens is 4. The van der Waals surface area contributed by atoms with Gasteiger partial charge in [-0.15, -0.1) is 0 Å². The number of H-pyrrole nitrogens is 1. The molecule has 0 unspecified atom stereocenters. The molecule has 1 aromatic carbocycles. The molecule has 0 fully saturated rings. The Morgan fingerprint density at radius 3 is 2.87 bits per heavy atom. The number of benzene rings is 1. The molecule has 114 valence electrons. The fourth-order valence-corrected chi connectivity index (χ4v) is 2.62. The smallest absolute Gasteiger partial charge is 0.158 e. The summed E-state index contributed by atoms with van der Waals surface area (Å²) in [5.74, 6) is 2.25. The summed E-state index contributed by atoms with van der Waals surface area (Å²) in [4.78, 5) is 9.03. The third kappa shape index (κ3) is 2.34. The molecule has 0 bridgehead atoms. The van der Waals surface area contributed by atoms with Gasteiger partial charge in [-0.25, -0.2) is 9.97 Å². The molecule has 0 spiro atoms. The third-order valence-corrected chi connectivity index (χ3v) is 3.76. The van der Waals surface area contributed by atoms with Crippen LogP contribution in [0.2, 0.25) is 0 Å². The molecule has 0 radical (unpaired) electrons. The van der Waals surface area contributed by atoms with Crippen LogP contribution in [0.5, 0.6) is 5.75 Å². The molecule has 0 aliphatic rings. The highest BCUT2D eigenvalue weighted by Crippen LogP contribution is 2.31. The lowest BCUT2D eigenvalue weighted by Gasteiger charge is -2.09. The van der Waals surface area contributed by atoms with Gasteiger partial charge in [0.05, 0.1) is 18.8 Å². The fourth-order valence-electron chi connectivity index (χ4n) is 2.62. The quantitative estimate of drug-likeness (QED) is 0.605. The first kappa shape index (κ1) is 13.5. The molecule has 4 aromatic rings. The van der Waals surface area contributed by atoms with E-state index in [2.05, 4.69) is 20.5 Å². The van der Waals surface area contributed by atoms with Crippen LogP contribution in [0, 0.1) is 6.92 Å². The fraction of sp³-hybridized carbons (Fsp3) is 0.118. The molecule has 0 saturated heterocycles. The Morgan fingerprint density at radius 2 is 2.04 bits per heavy atom. The van der Waals surface area contributed by atoms with E-state index in [9.17, 15) is 0 Å². The second-order valence-electron chi connectivity index (χ2n) is 5.35. The number of fused-ring (bicyclic) bond motifs is 3. The van der Waals surface area contributed by atoms with Gasteiger partial charge in [-0.05, 0) is 42.8 Å². The summed E-state index contributed by atoms with van der Waals surface area (Å²) >= 11 is 0. The van der Waals surface area contributed by atoms with Crippen LogP contribution in [0.1, 0.15) is 5.56 Å². The molecule has 0 saturated carbocycles. The lowest BCUT2D eigenvalue weighted by molar-refractivity contribution is 0.415. The number of aryl methyl sites for hydroxylation is 1. The van der Waals surface area contributed by atoms with E-state index in [0.717, 1.165) is 38.9 Å². The van der Waals surface area contributed by atoms with Crippen LogP contribution >= 0.6 is 0 Å². The van der Waals surface area contributed by atoms with E-state index < -0.39 is 0 Å². The van der Waals surface area contributed by atoms with Crippen molar-refractivity contribution < 1.29 is 4.74 Å². The predicted molar refractivity (Wildman–Crippen MR) is 90.2 cm³/mol. The molecular formula is C17H15N5O. The van der Waals surface area contributed by atoms with Crippen molar-refractivity contribution in [1.82, 2.24) is 20.2 Å². The first-order valence-electron chi connectivity index (χ1n) is 7.25. The number of pyridine rings is 2. The molecule has 0 amide bonds. The van der Waals surface area contributed by atoms with Gasteiger partial charge in [0.15, 0.2) is 5.82 Å². The Labute approximate surface area is 132 Å². The molecule has 0 aliphatic carbocycles. The maximum absolute atomic E-state index is 5.30. The Morgan fingerprint density at radius 1 is 1.13 bits per heavy atom. The van der Waals surface area contributed by atoms with Crippen molar-refractivity contribution >= 4 is 33.4 Å². The number of hydrogen-bond acceptors (Lipinski definition) is 5. The SMILES string of the molecule is COc1ccc2nc(Nc3cc(C)ccn3)c3[nH]ncc3c2c1. The lowest BCUT2D eigenvalue weighted by atomic mass is 10.1. The number of methoxy groups -OCH3 is 1. The van der Waals surface area contributed by atoms with Gasteiger partial charge in [-0.3, -0.25) is 5.10 Å². The molecule has 0 aliphatic heterocycles. The summed E-state index contributed by atoms with van der Waals surface area (Å²) < 4.78 is 5.30. The van der Waals surface area contributed by atoms with E-state index in [1.807, 2.05) is 37.3 Å². The second-order valence-corrected chi connectivity index (χ2v) is 5.35. The zero-order chi connectivity index (χ0) is 15.8. The molecule has 6 nitrogen and oxygen atoms in total. The summed E-state index contributed by atoms with van der Waals surface area (Å²) in [5.41, 5.74) is 2.85. The Bertz CT molecular complexity index is 1010.